The normalized spacial score (nSPS) is 35.6. The number of nitrogens with zero attached hydrogens (tertiary/aromatic N) is 1. The van der Waals surface area contributed by atoms with E-state index in [2.05, 4.69) is 10.2 Å². The Hall–Kier alpha value is -1.26. The quantitative estimate of drug-likeness (QED) is 0.876. The van der Waals surface area contributed by atoms with Crippen molar-refractivity contribution in [1.82, 2.24) is 10.2 Å². The second-order valence-electron chi connectivity index (χ2n) is 8.14. The highest BCUT2D eigenvalue weighted by molar-refractivity contribution is 6.31. The number of carbonyl (C=O) groups excluding carboxylic acids is 1. The van der Waals surface area contributed by atoms with Gasteiger partial charge >= 0.3 is 0 Å². The van der Waals surface area contributed by atoms with Gasteiger partial charge in [-0.2, -0.15) is 0 Å². The Balaban J connectivity index is 1.41. The van der Waals surface area contributed by atoms with Crippen LogP contribution < -0.4 is 10.1 Å². The Morgan fingerprint density at radius 2 is 1.96 bits per heavy atom. The SMILES string of the molecule is O=C(NC1CN2CCC1CC2)c1cc(Cl)cc2c1O[C@H]1CCCC[C@H]21. The fourth-order valence-corrected chi connectivity index (χ4v) is 5.54. The minimum Gasteiger partial charge on any atom is -0.489 e. The van der Waals surface area contributed by atoms with Gasteiger partial charge in [-0.3, -0.25) is 4.79 Å². The van der Waals surface area contributed by atoms with Crippen LogP contribution in [-0.4, -0.2) is 42.6 Å². The topological polar surface area (TPSA) is 41.6 Å². The molecule has 1 unspecified atom stereocenters. The summed E-state index contributed by atoms with van der Waals surface area (Å²) in [6.45, 7) is 3.33. The van der Waals surface area contributed by atoms with E-state index in [1.807, 2.05) is 6.07 Å². The molecule has 4 aliphatic heterocycles. The van der Waals surface area contributed by atoms with Gasteiger partial charge in [-0.15, -0.1) is 0 Å². The van der Waals surface area contributed by atoms with Gasteiger partial charge < -0.3 is 15.0 Å². The smallest absolute Gasteiger partial charge is 0.255 e. The van der Waals surface area contributed by atoms with Crippen molar-refractivity contribution >= 4 is 17.5 Å². The first-order valence-corrected chi connectivity index (χ1v) is 10.1. The van der Waals surface area contributed by atoms with Crippen molar-refractivity contribution in [3.63, 3.8) is 0 Å². The van der Waals surface area contributed by atoms with Crippen molar-refractivity contribution in [2.24, 2.45) is 5.92 Å². The van der Waals surface area contributed by atoms with Gasteiger partial charge in [0, 0.05) is 29.1 Å². The van der Waals surface area contributed by atoms with Crippen LogP contribution in [0.1, 0.15) is 60.4 Å². The number of rotatable bonds is 2. The molecule has 134 valence electrons. The number of ether oxygens (including phenoxy) is 1. The van der Waals surface area contributed by atoms with Crippen molar-refractivity contribution in [2.45, 2.75) is 56.6 Å². The number of halogens is 1. The van der Waals surface area contributed by atoms with Crippen LogP contribution in [0, 0.1) is 5.92 Å². The van der Waals surface area contributed by atoms with Gasteiger partial charge in [-0.05, 0) is 63.2 Å². The number of fused-ring (bicyclic) bond motifs is 6. The van der Waals surface area contributed by atoms with Crippen molar-refractivity contribution in [2.75, 3.05) is 19.6 Å². The summed E-state index contributed by atoms with van der Waals surface area (Å²) in [4.78, 5) is 15.5. The Morgan fingerprint density at radius 1 is 1.16 bits per heavy atom. The summed E-state index contributed by atoms with van der Waals surface area (Å²) in [5, 5.41) is 3.93. The number of piperidine rings is 3. The van der Waals surface area contributed by atoms with Crippen LogP contribution in [0.3, 0.4) is 0 Å². The first kappa shape index (κ1) is 16.0. The van der Waals surface area contributed by atoms with Gasteiger partial charge in [-0.1, -0.05) is 18.0 Å². The maximum Gasteiger partial charge on any atom is 0.255 e. The second kappa shape index (κ2) is 6.17. The van der Waals surface area contributed by atoms with Crippen LogP contribution in [0.4, 0.5) is 0 Å². The lowest BCUT2D eigenvalue weighted by molar-refractivity contribution is 0.0617. The van der Waals surface area contributed by atoms with Gasteiger partial charge in [0.05, 0.1) is 5.56 Å². The Labute approximate surface area is 153 Å². The number of nitrogens with one attached hydrogen (secondary N) is 1. The molecule has 1 aromatic rings. The van der Waals surface area contributed by atoms with Crippen LogP contribution >= 0.6 is 11.6 Å². The maximum atomic E-state index is 13.0. The molecule has 1 aromatic carbocycles. The van der Waals surface area contributed by atoms with Crippen LogP contribution in [0.2, 0.25) is 5.02 Å². The van der Waals surface area contributed by atoms with Gasteiger partial charge in [-0.25, -0.2) is 0 Å². The summed E-state index contributed by atoms with van der Waals surface area (Å²) in [7, 11) is 0. The highest BCUT2D eigenvalue weighted by atomic mass is 35.5. The molecule has 3 atom stereocenters. The highest BCUT2D eigenvalue weighted by Crippen LogP contribution is 2.48. The van der Waals surface area contributed by atoms with Gasteiger partial charge in [0.1, 0.15) is 11.9 Å². The predicted octanol–water partition coefficient (Wildman–Crippen LogP) is 3.58. The van der Waals surface area contributed by atoms with E-state index in [4.69, 9.17) is 16.3 Å². The second-order valence-corrected chi connectivity index (χ2v) is 8.57. The number of amides is 1. The molecule has 0 radical (unpaired) electrons. The zero-order valence-electron chi connectivity index (χ0n) is 14.5. The highest BCUT2D eigenvalue weighted by Gasteiger charge is 2.40. The zero-order chi connectivity index (χ0) is 17.0. The molecule has 4 fully saturated rings. The van der Waals surface area contributed by atoms with Crippen molar-refractivity contribution in [1.29, 1.82) is 0 Å². The summed E-state index contributed by atoms with van der Waals surface area (Å²) in [5.74, 6) is 1.80. The van der Waals surface area contributed by atoms with Crippen molar-refractivity contribution in [3.8, 4) is 5.75 Å². The molecule has 0 spiro atoms. The van der Waals surface area contributed by atoms with E-state index in [0.29, 0.717) is 22.4 Å². The lowest BCUT2D eigenvalue weighted by Crippen LogP contribution is -2.57. The van der Waals surface area contributed by atoms with Crippen LogP contribution in [0.25, 0.3) is 0 Å². The maximum absolute atomic E-state index is 13.0. The summed E-state index contributed by atoms with van der Waals surface area (Å²) < 4.78 is 6.24. The molecule has 25 heavy (non-hydrogen) atoms. The van der Waals surface area contributed by atoms with Crippen molar-refractivity contribution < 1.29 is 9.53 Å². The molecular formula is C20H25ClN2O2. The average molecular weight is 361 g/mol. The first-order valence-electron chi connectivity index (χ1n) is 9.72. The van der Waals surface area contributed by atoms with E-state index >= 15 is 0 Å². The molecule has 0 aromatic heterocycles. The third kappa shape index (κ3) is 2.74. The van der Waals surface area contributed by atoms with Gasteiger partial charge in [0.25, 0.3) is 5.91 Å². The molecule has 1 N–H and O–H groups in total. The molecular weight excluding hydrogens is 336 g/mol. The predicted molar refractivity (Wildman–Crippen MR) is 97.5 cm³/mol. The summed E-state index contributed by atoms with van der Waals surface area (Å²) in [6.07, 6.45) is 7.28. The molecule has 1 amide bonds. The lowest BCUT2D eigenvalue weighted by Gasteiger charge is -2.44. The standard InChI is InChI=1S/C20H25ClN2O2/c21-13-9-15-14-3-1-2-4-18(14)25-19(15)16(10-13)20(24)22-17-11-23-7-5-12(17)6-8-23/h9-10,12,14,17-18H,1-8,11H2,(H,22,24)/t14-,17?,18+/m1/s1. The molecule has 4 heterocycles. The molecule has 6 rings (SSSR count). The van der Waals surface area contributed by atoms with E-state index in [1.165, 1.54) is 38.8 Å². The molecule has 5 heteroatoms. The Morgan fingerprint density at radius 3 is 2.72 bits per heavy atom. The minimum absolute atomic E-state index is 0.0175. The van der Waals surface area contributed by atoms with E-state index < -0.39 is 0 Å². The number of hydrogen-bond acceptors (Lipinski definition) is 3. The number of carbonyl (C=O) groups is 1. The number of benzene rings is 1. The monoisotopic (exact) mass is 360 g/mol. The van der Waals surface area contributed by atoms with Crippen LogP contribution in [0.5, 0.6) is 5.75 Å². The molecule has 2 bridgehead atoms. The Bertz CT molecular complexity index is 699. The summed E-state index contributed by atoms with van der Waals surface area (Å²) >= 11 is 6.37. The minimum atomic E-state index is -0.0175. The molecule has 5 aliphatic rings. The molecule has 4 nitrogen and oxygen atoms in total. The Kier molecular flexibility index (Phi) is 3.94. The molecule has 1 saturated carbocycles. The average Bonchev–Trinajstić information content (AvgIpc) is 3.00. The van der Waals surface area contributed by atoms with E-state index in [0.717, 1.165) is 30.7 Å². The van der Waals surface area contributed by atoms with E-state index in [1.54, 1.807) is 6.07 Å². The van der Waals surface area contributed by atoms with E-state index in [9.17, 15) is 4.79 Å². The largest absolute Gasteiger partial charge is 0.489 e. The fraction of sp³-hybridized carbons (Fsp3) is 0.650. The van der Waals surface area contributed by atoms with Crippen LogP contribution in [-0.2, 0) is 0 Å². The molecule has 3 saturated heterocycles. The van der Waals surface area contributed by atoms with Gasteiger partial charge in [0.15, 0.2) is 0 Å². The molecule has 1 aliphatic carbocycles. The van der Waals surface area contributed by atoms with Crippen molar-refractivity contribution in [3.05, 3.63) is 28.3 Å². The first-order chi connectivity index (χ1) is 12.2. The van der Waals surface area contributed by atoms with Gasteiger partial charge in [0.2, 0.25) is 0 Å². The third-order valence-corrected chi connectivity index (χ3v) is 6.89. The van der Waals surface area contributed by atoms with Crippen LogP contribution in [0.15, 0.2) is 12.1 Å². The number of hydrogen-bond donors (Lipinski definition) is 1. The third-order valence-electron chi connectivity index (χ3n) is 6.67. The fourth-order valence-electron chi connectivity index (χ4n) is 5.31. The lowest BCUT2D eigenvalue weighted by atomic mass is 9.82. The zero-order valence-corrected chi connectivity index (χ0v) is 15.2. The van der Waals surface area contributed by atoms with E-state index in [-0.39, 0.29) is 18.1 Å². The summed E-state index contributed by atoms with van der Waals surface area (Å²) in [6, 6.07) is 4.06. The summed E-state index contributed by atoms with van der Waals surface area (Å²) in [5.41, 5.74) is 1.78.